The van der Waals surface area contributed by atoms with Gasteiger partial charge in [0.05, 0.1) is 0 Å². The van der Waals surface area contributed by atoms with E-state index in [1.54, 1.807) is 0 Å². The van der Waals surface area contributed by atoms with E-state index in [-0.39, 0.29) is 17.0 Å². The van der Waals surface area contributed by atoms with E-state index in [1.165, 1.54) is 23.7 Å². The Kier molecular flexibility index (Phi) is 5.65. The number of nitrogens with one attached hydrogen (secondary N) is 1. The molecule has 1 heterocycles. The summed E-state index contributed by atoms with van der Waals surface area (Å²) >= 11 is 1.30. The van der Waals surface area contributed by atoms with Gasteiger partial charge in [-0.3, -0.25) is 4.79 Å². The van der Waals surface area contributed by atoms with Crippen molar-refractivity contribution in [2.45, 2.75) is 32.6 Å². The summed E-state index contributed by atoms with van der Waals surface area (Å²) in [6.07, 6.45) is 0.492. The predicted molar refractivity (Wildman–Crippen MR) is 108 cm³/mol. The molecule has 0 unspecified atom stereocenters. The van der Waals surface area contributed by atoms with Crippen LogP contribution in [0.15, 0.2) is 48.5 Å². The number of anilines is 1. The van der Waals surface area contributed by atoms with E-state index >= 15 is 0 Å². The number of ketones is 1. The number of halogens is 1. The van der Waals surface area contributed by atoms with Crippen molar-refractivity contribution in [1.82, 2.24) is 9.36 Å². The lowest BCUT2D eigenvalue weighted by molar-refractivity contribution is 0.0988. The lowest BCUT2D eigenvalue weighted by atomic mass is 9.85. The van der Waals surface area contributed by atoms with Crippen LogP contribution >= 0.6 is 11.5 Å². The summed E-state index contributed by atoms with van der Waals surface area (Å²) in [6, 6.07) is 13.9. The maximum absolute atomic E-state index is 13.1. The normalized spacial score (nSPS) is 11.4. The number of carbonyl (C=O) groups is 1. The SMILES string of the molecule is CCC(=O)c1ccc(-c2nsc(NCC(C)(C)c3ccc(F)cc3)n2)cc1. The van der Waals surface area contributed by atoms with Crippen LogP contribution < -0.4 is 5.32 Å². The zero-order valence-electron chi connectivity index (χ0n) is 15.6. The standard InChI is InChI=1S/C21H22FN3OS/c1-4-18(26)14-5-7-15(8-6-14)19-24-20(27-25-19)23-13-21(2,3)16-9-11-17(22)12-10-16/h5-12H,4,13H2,1-3H3,(H,23,24,25). The second-order valence-electron chi connectivity index (χ2n) is 7.02. The summed E-state index contributed by atoms with van der Waals surface area (Å²) in [5.41, 5.74) is 2.46. The second kappa shape index (κ2) is 7.96. The Labute approximate surface area is 162 Å². The van der Waals surface area contributed by atoms with Gasteiger partial charge >= 0.3 is 0 Å². The summed E-state index contributed by atoms with van der Waals surface area (Å²) in [6.45, 7) is 6.69. The molecule has 6 heteroatoms. The van der Waals surface area contributed by atoms with E-state index in [1.807, 2.05) is 43.3 Å². The van der Waals surface area contributed by atoms with Gasteiger partial charge in [-0.2, -0.15) is 9.36 Å². The summed E-state index contributed by atoms with van der Waals surface area (Å²) in [5, 5.41) is 4.05. The Morgan fingerprint density at radius 3 is 2.41 bits per heavy atom. The lowest BCUT2D eigenvalue weighted by Gasteiger charge is -2.25. The molecule has 27 heavy (non-hydrogen) atoms. The van der Waals surface area contributed by atoms with Crippen LogP contribution in [0.25, 0.3) is 11.4 Å². The van der Waals surface area contributed by atoms with Gasteiger partial charge in [0.1, 0.15) is 5.82 Å². The van der Waals surface area contributed by atoms with E-state index in [4.69, 9.17) is 0 Å². The highest BCUT2D eigenvalue weighted by atomic mass is 32.1. The van der Waals surface area contributed by atoms with Gasteiger partial charge in [-0.05, 0) is 17.7 Å². The summed E-state index contributed by atoms with van der Waals surface area (Å²) in [4.78, 5) is 16.3. The highest BCUT2D eigenvalue weighted by Crippen LogP contribution is 2.26. The molecular weight excluding hydrogens is 361 g/mol. The molecule has 1 N–H and O–H groups in total. The minimum absolute atomic E-state index is 0.123. The van der Waals surface area contributed by atoms with Gasteiger partial charge in [0.25, 0.3) is 0 Å². The van der Waals surface area contributed by atoms with Crippen molar-refractivity contribution in [3.63, 3.8) is 0 Å². The fourth-order valence-corrected chi connectivity index (χ4v) is 3.30. The van der Waals surface area contributed by atoms with E-state index in [0.29, 0.717) is 24.4 Å². The molecule has 4 nitrogen and oxygen atoms in total. The molecule has 0 amide bonds. The van der Waals surface area contributed by atoms with Crippen molar-refractivity contribution >= 4 is 22.4 Å². The molecular formula is C21H22FN3OS. The highest BCUT2D eigenvalue weighted by molar-refractivity contribution is 7.09. The zero-order chi connectivity index (χ0) is 19.4. The van der Waals surface area contributed by atoms with Crippen LogP contribution in [0.5, 0.6) is 0 Å². The molecule has 3 aromatic rings. The summed E-state index contributed by atoms with van der Waals surface area (Å²) in [5.74, 6) is 0.527. The largest absolute Gasteiger partial charge is 0.359 e. The van der Waals surface area contributed by atoms with Gasteiger partial charge < -0.3 is 5.32 Å². The monoisotopic (exact) mass is 383 g/mol. The summed E-state index contributed by atoms with van der Waals surface area (Å²) < 4.78 is 17.5. The minimum atomic E-state index is -0.233. The average molecular weight is 383 g/mol. The van der Waals surface area contributed by atoms with Crippen molar-refractivity contribution in [2.24, 2.45) is 0 Å². The van der Waals surface area contributed by atoms with Crippen LogP contribution in [-0.2, 0) is 5.41 Å². The number of aromatic nitrogens is 2. The topological polar surface area (TPSA) is 54.9 Å². The van der Waals surface area contributed by atoms with Gasteiger partial charge in [-0.1, -0.05) is 57.2 Å². The van der Waals surface area contributed by atoms with E-state index in [2.05, 4.69) is 28.5 Å². The number of hydrogen-bond donors (Lipinski definition) is 1. The molecule has 0 aliphatic heterocycles. The third-order valence-electron chi connectivity index (χ3n) is 4.52. The van der Waals surface area contributed by atoms with Gasteiger partial charge in [-0.15, -0.1) is 0 Å². The molecule has 3 rings (SSSR count). The maximum atomic E-state index is 13.1. The van der Waals surface area contributed by atoms with Crippen molar-refractivity contribution in [3.8, 4) is 11.4 Å². The van der Waals surface area contributed by atoms with Crippen LogP contribution in [0.4, 0.5) is 9.52 Å². The molecule has 0 saturated heterocycles. The molecule has 0 spiro atoms. The third-order valence-corrected chi connectivity index (χ3v) is 5.19. The van der Waals surface area contributed by atoms with Crippen LogP contribution in [0, 0.1) is 5.82 Å². The Bertz CT molecular complexity index is 917. The van der Waals surface area contributed by atoms with Crippen molar-refractivity contribution in [2.75, 3.05) is 11.9 Å². The number of rotatable bonds is 7. The third kappa shape index (κ3) is 4.57. The van der Waals surface area contributed by atoms with Crippen molar-refractivity contribution in [1.29, 1.82) is 0 Å². The molecule has 0 fully saturated rings. The fraction of sp³-hybridized carbons (Fsp3) is 0.286. The second-order valence-corrected chi connectivity index (χ2v) is 7.77. The summed E-state index contributed by atoms with van der Waals surface area (Å²) in [7, 11) is 0. The van der Waals surface area contributed by atoms with E-state index in [0.717, 1.165) is 16.3 Å². The minimum Gasteiger partial charge on any atom is -0.359 e. The Morgan fingerprint density at radius 2 is 1.78 bits per heavy atom. The van der Waals surface area contributed by atoms with Crippen LogP contribution in [-0.4, -0.2) is 21.7 Å². The van der Waals surface area contributed by atoms with E-state index < -0.39 is 0 Å². The lowest BCUT2D eigenvalue weighted by Crippen LogP contribution is -2.27. The number of benzene rings is 2. The number of Topliss-reactive ketones (excluding diaryl/α,β-unsaturated/α-hetero) is 1. The predicted octanol–water partition coefficient (Wildman–Crippen LogP) is 5.33. The molecule has 0 aliphatic carbocycles. The molecule has 1 aromatic heterocycles. The van der Waals surface area contributed by atoms with Gasteiger partial charge in [0.15, 0.2) is 11.6 Å². The molecule has 0 saturated carbocycles. The molecule has 2 aromatic carbocycles. The maximum Gasteiger partial charge on any atom is 0.202 e. The Morgan fingerprint density at radius 1 is 1.11 bits per heavy atom. The molecule has 0 bridgehead atoms. The van der Waals surface area contributed by atoms with Crippen molar-refractivity contribution in [3.05, 3.63) is 65.5 Å². The first-order valence-electron chi connectivity index (χ1n) is 8.86. The molecule has 0 atom stereocenters. The van der Waals surface area contributed by atoms with Crippen LogP contribution in [0.2, 0.25) is 0 Å². The van der Waals surface area contributed by atoms with Gasteiger partial charge in [-0.25, -0.2) is 4.39 Å². The molecule has 0 aliphatic rings. The fourth-order valence-electron chi connectivity index (χ4n) is 2.72. The molecule has 0 radical (unpaired) electrons. The first kappa shape index (κ1) is 19.2. The molecule has 140 valence electrons. The van der Waals surface area contributed by atoms with Gasteiger partial charge in [0.2, 0.25) is 5.13 Å². The first-order valence-corrected chi connectivity index (χ1v) is 9.63. The number of carbonyl (C=O) groups excluding carboxylic acids is 1. The smallest absolute Gasteiger partial charge is 0.202 e. The number of hydrogen-bond acceptors (Lipinski definition) is 5. The van der Waals surface area contributed by atoms with Crippen LogP contribution in [0.1, 0.15) is 43.1 Å². The average Bonchev–Trinajstić information content (AvgIpc) is 3.15. The van der Waals surface area contributed by atoms with Crippen LogP contribution in [0.3, 0.4) is 0 Å². The van der Waals surface area contributed by atoms with Gasteiger partial charge in [0, 0.05) is 41.0 Å². The first-order chi connectivity index (χ1) is 12.9. The van der Waals surface area contributed by atoms with Crippen molar-refractivity contribution < 1.29 is 9.18 Å². The number of nitrogens with zero attached hydrogens (tertiary/aromatic N) is 2. The van der Waals surface area contributed by atoms with E-state index in [9.17, 15) is 9.18 Å². The Hall–Kier alpha value is -2.60. The highest BCUT2D eigenvalue weighted by Gasteiger charge is 2.21. The quantitative estimate of drug-likeness (QED) is 0.561. The zero-order valence-corrected chi connectivity index (χ0v) is 16.4. The Balaban J connectivity index is 1.67.